The third kappa shape index (κ3) is 3.83. The van der Waals surface area contributed by atoms with E-state index in [0.717, 1.165) is 31.2 Å². The number of aromatic hydroxyl groups is 1. The van der Waals surface area contributed by atoms with Crippen LogP contribution in [0.25, 0.3) is 22.3 Å². The van der Waals surface area contributed by atoms with E-state index in [2.05, 4.69) is 62.4 Å². The van der Waals surface area contributed by atoms with Gasteiger partial charge in [0.2, 0.25) is 0 Å². The van der Waals surface area contributed by atoms with Crippen molar-refractivity contribution in [3.8, 4) is 28.0 Å². The molecule has 1 N–H and O–H groups in total. The second-order valence-electron chi connectivity index (χ2n) is 8.32. The van der Waals surface area contributed by atoms with Gasteiger partial charge in [0.15, 0.2) is 0 Å². The molecule has 1 aliphatic rings. The molecule has 0 aliphatic heterocycles. The van der Waals surface area contributed by atoms with E-state index in [1.165, 1.54) is 64.6 Å². The van der Waals surface area contributed by atoms with Gasteiger partial charge in [0, 0.05) is 5.56 Å². The highest BCUT2D eigenvalue weighted by Crippen LogP contribution is 2.45. The summed E-state index contributed by atoms with van der Waals surface area (Å²) in [5, 5.41) is 11.0. The van der Waals surface area contributed by atoms with Gasteiger partial charge >= 0.3 is 0 Å². The predicted octanol–water partition coefficient (Wildman–Crippen LogP) is 7.71. The van der Waals surface area contributed by atoms with Crippen molar-refractivity contribution in [2.24, 2.45) is 0 Å². The molecule has 0 bridgehead atoms. The van der Waals surface area contributed by atoms with Gasteiger partial charge in [-0.2, -0.15) is 0 Å². The smallest absolute Gasteiger partial charge is 0.123 e. The Balaban J connectivity index is 1.82. The summed E-state index contributed by atoms with van der Waals surface area (Å²) in [4.78, 5) is 0. The summed E-state index contributed by atoms with van der Waals surface area (Å²) in [5.41, 5.74) is 10.5. The second-order valence-corrected chi connectivity index (χ2v) is 8.32. The third-order valence-electron chi connectivity index (χ3n) is 6.31. The third-order valence-corrected chi connectivity index (χ3v) is 6.31. The lowest BCUT2D eigenvalue weighted by Crippen LogP contribution is -2.01. The molecular weight excluding hydrogens is 352 g/mol. The number of aryl methyl sites for hydroxylation is 1. The summed E-state index contributed by atoms with van der Waals surface area (Å²) in [6.07, 6.45) is 9.19. The van der Waals surface area contributed by atoms with Crippen LogP contribution in [-0.4, -0.2) is 5.11 Å². The van der Waals surface area contributed by atoms with Gasteiger partial charge in [-0.3, -0.25) is 0 Å². The monoisotopic (exact) mass is 384 g/mol. The van der Waals surface area contributed by atoms with Crippen LogP contribution in [0.1, 0.15) is 68.2 Å². The van der Waals surface area contributed by atoms with Gasteiger partial charge in [0.25, 0.3) is 0 Å². The summed E-state index contributed by atoms with van der Waals surface area (Å²) in [6, 6.07) is 19.4. The highest BCUT2D eigenvalue weighted by molar-refractivity contribution is 5.87. The highest BCUT2D eigenvalue weighted by atomic mass is 16.3. The first-order valence-corrected chi connectivity index (χ1v) is 11.3. The number of benzene rings is 3. The number of hydrogen-bond acceptors (Lipinski definition) is 1. The number of hydrogen-bond donors (Lipinski definition) is 1. The average molecular weight is 385 g/mol. The summed E-state index contributed by atoms with van der Waals surface area (Å²) >= 11 is 0. The van der Waals surface area contributed by atoms with Crippen molar-refractivity contribution in [1.29, 1.82) is 0 Å². The molecule has 0 saturated carbocycles. The topological polar surface area (TPSA) is 20.2 Å². The summed E-state index contributed by atoms with van der Waals surface area (Å²) in [7, 11) is 0. The standard InChI is InChI=1S/C28H32O/c1-3-5-6-7-14-23-20(11-4-2)17-18-27(29)28(23)25-16-10-15-24-22-13-9-8-12-21(22)19-26(24)25/h8-10,12-13,15-18,29H,3-7,11,14,19H2,1-2H3. The van der Waals surface area contributed by atoms with Gasteiger partial charge in [0.05, 0.1) is 0 Å². The maximum absolute atomic E-state index is 11.0. The molecule has 0 aromatic heterocycles. The summed E-state index contributed by atoms with van der Waals surface area (Å²) in [5.74, 6) is 0.430. The van der Waals surface area contributed by atoms with E-state index >= 15 is 0 Å². The zero-order valence-electron chi connectivity index (χ0n) is 17.8. The molecule has 0 fully saturated rings. The Bertz CT molecular complexity index is 999. The molecule has 1 heteroatoms. The molecule has 0 saturated heterocycles. The Morgan fingerprint density at radius 1 is 0.724 bits per heavy atom. The minimum absolute atomic E-state index is 0.430. The molecule has 0 atom stereocenters. The molecule has 0 unspecified atom stereocenters. The van der Waals surface area contributed by atoms with Crippen molar-refractivity contribution in [2.75, 3.05) is 0 Å². The number of rotatable bonds is 8. The van der Waals surface area contributed by atoms with Crippen molar-refractivity contribution >= 4 is 0 Å². The predicted molar refractivity (Wildman–Crippen MR) is 124 cm³/mol. The van der Waals surface area contributed by atoms with Crippen molar-refractivity contribution < 1.29 is 5.11 Å². The quantitative estimate of drug-likeness (QED) is 0.308. The molecule has 0 heterocycles. The molecule has 150 valence electrons. The second kappa shape index (κ2) is 8.86. The SMILES string of the molecule is CCCCCCc1c(CCC)ccc(O)c1-c1cccc2c1Cc1ccccc1-2. The van der Waals surface area contributed by atoms with Gasteiger partial charge in [0.1, 0.15) is 5.75 Å². The van der Waals surface area contributed by atoms with E-state index in [0.29, 0.717) is 5.75 Å². The zero-order valence-corrected chi connectivity index (χ0v) is 17.8. The molecule has 0 amide bonds. The number of phenolic OH excluding ortho intramolecular Hbond substituents is 1. The van der Waals surface area contributed by atoms with Crippen molar-refractivity contribution in [2.45, 2.75) is 65.2 Å². The largest absolute Gasteiger partial charge is 0.507 e. The molecule has 0 spiro atoms. The first kappa shape index (κ1) is 19.8. The molecule has 0 radical (unpaired) electrons. The van der Waals surface area contributed by atoms with Crippen LogP contribution in [-0.2, 0) is 19.3 Å². The van der Waals surface area contributed by atoms with Crippen molar-refractivity contribution in [3.63, 3.8) is 0 Å². The van der Waals surface area contributed by atoms with E-state index < -0.39 is 0 Å². The number of fused-ring (bicyclic) bond motifs is 3. The van der Waals surface area contributed by atoms with Crippen molar-refractivity contribution in [3.05, 3.63) is 76.9 Å². The van der Waals surface area contributed by atoms with E-state index in [4.69, 9.17) is 0 Å². The molecule has 3 aromatic rings. The van der Waals surface area contributed by atoms with Gasteiger partial charge < -0.3 is 5.11 Å². The van der Waals surface area contributed by atoms with Gasteiger partial charge in [-0.25, -0.2) is 0 Å². The molecule has 1 nitrogen and oxygen atoms in total. The summed E-state index contributed by atoms with van der Waals surface area (Å²) < 4.78 is 0. The van der Waals surface area contributed by atoms with Crippen LogP contribution >= 0.6 is 0 Å². The first-order chi connectivity index (χ1) is 14.2. The van der Waals surface area contributed by atoms with E-state index in [9.17, 15) is 5.11 Å². The van der Waals surface area contributed by atoms with E-state index in [1.54, 1.807) is 0 Å². The average Bonchev–Trinajstić information content (AvgIpc) is 3.12. The minimum atomic E-state index is 0.430. The van der Waals surface area contributed by atoms with Crippen molar-refractivity contribution in [1.82, 2.24) is 0 Å². The summed E-state index contributed by atoms with van der Waals surface area (Å²) in [6.45, 7) is 4.50. The molecule has 1 aliphatic carbocycles. The Morgan fingerprint density at radius 2 is 1.52 bits per heavy atom. The van der Waals surface area contributed by atoms with Crippen LogP contribution in [0.4, 0.5) is 0 Å². The highest BCUT2D eigenvalue weighted by Gasteiger charge is 2.24. The zero-order chi connectivity index (χ0) is 20.2. The van der Waals surface area contributed by atoms with Crippen LogP contribution in [0.2, 0.25) is 0 Å². The number of unbranched alkanes of at least 4 members (excludes halogenated alkanes) is 3. The molecular formula is C28H32O. The van der Waals surface area contributed by atoms with Gasteiger partial charge in [-0.15, -0.1) is 0 Å². The Morgan fingerprint density at radius 3 is 2.34 bits per heavy atom. The Labute approximate surface area is 175 Å². The maximum atomic E-state index is 11.0. The fraction of sp³-hybridized carbons (Fsp3) is 0.357. The Kier molecular flexibility index (Phi) is 6.04. The molecule has 29 heavy (non-hydrogen) atoms. The lowest BCUT2D eigenvalue weighted by molar-refractivity contribution is 0.476. The first-order valence-electron chi connectivity index (χ1n) is 11.3. The normalized spacial score (nSPS) is 12.1. The number of phenols is 1. The van der Waals surface area contributed by atoms with E-state index in [-0.39, 0.29) is 0 Å². The van der Waals surface area contributed by atoms with Crippen LogP contribution in [0.3, 0.4) is 0 Å². The van der Waals surface area contributed by atoms with Gasteiger partial charge in [-0.05, 0) is 70.7 Å². The van der Waals surface area contributed by atoms with Crippen LogP contribution in [0.15, 0.2) is 54.6 Å². The molecule has 3 aromatic carbocycles. The van der Waals surface area contributed by atoms with E-state index in [1.807, 2.05) is 6.07 Å². The van der Waals surface area contributed by atoms with Crippen LogP contribution in [0.5, 0.6) is 5.75 Å². The lowest BCUT2D eigenvalue weighted by atomic mass is 9.86. The van der Waals surface area contributed by atoms with Crippen LogP contribution in [0, 0.1) is 0 Å². The van der Waals surface area contributed by atoms with Gasteiger partial charge in [-0.1, -0.05) is 88.1 Å². The fourth-order valence-electron chi connectivity index (χ4n) is 4.89. The lowest BCUT2D eigenvalue weighted by Gasteiger charge is -2.19. The Hall–Kier alpha value is -2.54. The van der Waals surface area contributed by atoms with Crippen LogP contribution < -0.4 is 0 Å². The minimum Gasteiger partial charge on any atom is -0.507 e. The molecule has 4 rings (SSSR count). The fourth-order valence-corrected chi connectivity index (χ4v) is 4.89. The maximum Gasteiger partial charge on any atom is 0.123 e.